The smallest absolute Gasteiger partial charge is 0.264 e. The molecular formula is C14H21NO2S. The van der Waals surface area contributed by atoms with Crippen molar-refractivity contribution in [2.24, 2.45) is 0 Å². The lowest BCUT2D eigenvalue weighted by Gasteiger charge is -2.26. The van der Waals surface area contributed by atoms with Gasteiger partial charge in [-0.1, -0.05) is 20.3 Å². The van der Waals surface area contributed by atoms with Crippen molar-refractivity contribution in [1.82, 2.24) is 4.90 Å². The van der Waals surface area contributed by atoms with Crippen LogP contribution in [0.5, 0.6) is 0 Å². The van der Waals surface area contributed by atoms with Gasteiger partial charge in [-0.3, -0.25) is 4.79 Å². The zero-order valence-corrected chi connectivity index (χ0v) is 12.0. The largest absolute Gasteiger partial charge is 0.378 e. The third-order valence-electron chi connectivity index (χ3n) is 3.26. The minimum absolute atomic E-state index is 0.181. The van der Waals surface area contributed by atoms with E-state index in [0.717, 1.165) is 37.2 Å². The van der Waals surface area contributed by atoms with Crippen LogP contribution in [0.2, 0.25) is 0 Å². The van der Waals surface area contributed by atoms with Crippen LogP contribution in [-0.4, -0.2) is 37.1 Å². The van der Waals surface area contributed by atoms with E-state index in [0.29, 0.717) is 13.2 Å². The summed E-state index contributed by atoms with van der Waals surface area (Å²) in [6, 6.07) is 2.09. The van der Waals surface area contributed by atoms with Crippen LogP contribution in [0.25, 0.3) is 0 Å². The maximum atomic E-state index is 12.4. The average Bonchev–Trinajstić information content (AvgIpc) is 2.82. The second-order valence-electron chi connectivity index (χ2n) is 4.57. The molecule has 0 aromatic carbocycles. The molecule has 2 rings (SSSR count). The van der Waals surface area contributed by atoms with Crippen molar-refractivity contribution in [3.8, 4) is 0 Å². The van der Waals surface area contributed by atoms with E-state index in [2.05, 4.69) is 19.9 Å². The summed E-state index contributed by atoms with van der Waals surface area (Å²) in [4.78, 5) is 16.6. The van der Waals surface area contributed by atoms with Crippen molar-refractivity contribution in [1.29, 1.82) is 0 Å². The summed E-state index contributed by atoms with van der Waals surface area (Å²) in [5.41, 5.74) is 1.35. The van der Waals surface area contributed by atoms with E-state index in [-0.39, 0.29) is 5.91 Å². The standard InChI is InChI=1S/C14H21NO2S/c1-3-5-12-11(4-2)10-13(18-12)14(16)15-6-8-17-9-7-15/h10H,3-9H2,1-2H3. The van der Waals surface area contributed by atoms with E-state index in [4.69, 9.17) is 4.74 Å². The molecule has 1 fully saturated rings. The second-order valence-corrected chi connectivity index (χ2v) is 5.70. The third kappa shape index (κ3) is 2.93. The number of carbonyl (C=O) groups excluding carboxylic acids is 1. The highest BCUT2D eigenvalue weighted by molar-refractivity contribution is 7.14. The molecule has 0 atom stereocenters. The molecule has 1 aromatic rings. The summed E-state index contributed by atoms with van der Waals surface area (Å²) in [5.74, 6) is 0.181. The molecule has 0 aliphatic carbocycles. The molecule has 100 valence electrons. The molecule has 0 saturated carbocycles. The number of ether oxygens (including phenoxy) is 1. The van der Waals surface area contributed by atoms with Gasteiger partial charge in [0.05, 0.1) is 18.1 Å². The maximum absolute atomic E-state index is 12.4. The minimum Gasteiger partial charge on any atom is -0.378 e. The van der Waals surface area contributed by atoms with Crippen LogP contribution < -0.4 is 0 Å². The van der Waals surface area contributed by atoms with Crippen molar-refractivity contribution < 1.29 is 9.53 Å². The topological polar surface area (TPSA) is 29.5 Å². The zero-order chi connectivity index (χ0) is 13.0. The molecule has 1 saturated heterocycles. The third-order valence-corrected chi connectivity index (χ3v) is 4.49. The second kappa shape index (κ2) is 6.34. The first-order chi connectivity index (χ1) is 8.76. The minimum atomic E-state index is 0.181. The van der Waals surface area contributed by atoms with Gasteiger partial charge in [0.15, 0.2) is 0 Å². The Bertz CT molecular complexity index is 408. The van der Waals surface area contributed by atoms with E-state index in [1.807, 2.05) is 4.90 Å². The average molecular weight is 267 g/mol. The quantitative estimate of drug-likeness (QED) is 0.839. The van der Waals surface area contributed by atoms with E-state index in [9.17, 15) is 4.79 Å². The normalized spacial score (nSPS) is 16.0. The first kappa shape index (κ1) is 13.6. The summed E-state index contributed by atoms with van der Waals surface area (Å²) in [7, 11) is 0. The number of nitrogens with zero attached hydrogens (tertiary/aromatic N) is 1. The summed E-state index contributed by atoms with van der Waals surface area (Å²) in [5, 5.41) is 0. The van der Waals surface area contributed by atoms with Crippen molar-refractivity contribution in [2.75, 3.05) is 26.3 Å². The Kier molecular flexibility index (Phi) is 4.78. The monoisotopic (exact) mass is 267 g/mol. The fraction of sp³-hybridized carbons (Fsp3) is 0.643. The number of rotatable bonds is 4. The first-order valence-corrected chi connectivity index (χ1v) is 7.56. The number of amides is 1. The lowest BCUT2D eigenvalue weighted by molar-refractivity contribution is 0.0306. The Morgan fingerprint density at radius 3 is 2.72 bits per heavy atom. The Labute approximate surface area is 113 Å². The number of hydrogen-bond acceptors (Lipinski definition) is 3. The Morgan fingerprint density at radius 2 is 2.11 bits per heavy atom. The van der Waals surface area contributed by atoms with Crippen molar-refractivity contribution in [2.45, 2.75) is 33.1 Å². The molecule has 0 bridgehead atoms. The van der Waals surface area contributed by atoms with E-state index >= 15 is 0 Å². The van der Waals surface area contributed by atoms with Gasteiger partial charge in [-0.15, -0.1) is 11.3 Å². The number of thiophene rings is 1. The van der Waals surface area contributed by atoms with Crippen LogP contribution in [0.4, 0.5) is 0 Å². The highest BCUT2D eigenvalue weighted by atomic mass is 32.1. The van der Waals surface area contributed by atoms with Gasteiger partial charge in [-0.25, -0.2) is 0 Å². The molecule has 0 unspecified atom stereocenters. The van der Waals surface area contributed by atoms with Gasteiger partial charge in [0.25, 0.3) is 5.91 Å². The van der Waals surface area contributed by atoms with Gasteiger partial charge in [-0.05, 0) is 24.5 Å². The molecule has 3 nitrogen and oxygen atoms in total. The van der Waals surface area contributed by atoms with Crippen molar-refractivity contribution in [3.63, 3.8) is 0 Å². The Balaban J connectivity index is 2.14. The molecule has 1 amide bonds. The molecule has 1 aromatic heterocycles. The van der Waals surface area contributed by atoms with Crippen molar-refractivity contribution in [3.05, 3.63) is 21.4 Å². The van der Waals surface area contributed by atoms with Gasteiger partial charge >= 0.3 is 0 Å². The number of carbonyl (C=O) groups is 1. The van der Waals surface area contributed by atoms with Crippen LogP contribution in [-0.2, 0) is 17.6 Å². The van der Waals surface area contributed by atoms with E-state index in [1.54, 1.807) is 11.3 Å². The van der Waals surface area contributed by atoms with Gasteiger partial charge in [0.2, 0.25) is 0 Å². The molecule has 1 aliphatic heterocycles. The zero-order valence-electron chi connectivity index (χ0n) is 11.2. The summed E-state index contributed by atoms with van der Waals surface area (Å²) in [6.07, 6.45) is 3.24. The number of aryl methyl sites for hydroxylation is 2. The summed E-state index contributed by atoms with van der Waals surface area (Å²) < 4.78 is 5.28. The molecule has 0 N–H and O–H groups in total. The Hall–Kier alpha value is -0.870. The molecule has 2 heterocycles. The van der Waals surface area contributed by atoms with Crippen molar-refractivity contribution >= 4 is 17.2 Å². The fourth-order valence-corrected chi connectivity index (χ4v) is 3.56. The van der Waals surface area contributed by atoms with Gasteiger partial charge < -0.3 is 9.64 Å². The van der Waals surface area contributed by atoms with Crippen LogP contribution >= 0.6 is 11.3 Å². The lowest BCUT2D eigenvalue weighted by atomic mass is 10.1. The summed E-state index contributed by atoms with van der Waals surface area (Å²) in [6.45, 7) is 7.12. The first-order valence-electron chi connectivity index (χ1n) is 6.74. The lowest BCUT2D eigenvalue weighted by Crippen LogP contribution is -2.40. The molecule has 0 radical (unpaired) electrons. The highest BCUT2D eigenvalue weighted by Crippen LogP contribution is 2.26. The Morgan fingerprint density at radius 1 is 1.39 bits per heavy atom. The van der Waals surface area contributed by atoms with Crippen LogP contribution in [0.15, 0.2) is 6.07 Å². The molecule has 0 spiro atoms. The van der Waals surface area contributed by atoms with Gasteiger partial charge in [-0.2, -0.15) is 0 Å². The van der Waals surface area contributed by atoms with Crippen LogP contribution in [0, 0.1) is 0 Å². The maximum Gasteiger partial charge on any atom is 0.264 e. The van der Waals surface area contributed by atoms with E-state index < -0.39 is 0 Å². The van der Waals surface area contributed by atoms with E-state index in [1.165, 1.54) is 10.4 Å². The highest BCUT2D eigenvalue weighted by Gasteiger charge is 2.21. The number of hydrogen-bond donors (Lipinski definition) is 0. The molecule has 18 heavy (non-hydrogen) atoms. The molecular weight excluding hydrogens is 246 g/mol. The predicted molar refractivity (Wildman–Crippen MR) is 74.4 cm³/mol. The molecule has 1 aliphatic rings. The SMILES string of the molecule is CCCc1sc(C(=O)N2CCOCC2)cc1CC. The summed E-state index contributed by atoms with van der Waals surface area (Å²) >= 11 is 1.68. The molecule has 4 heteroatoms. The van der Waals surface area contributed by atoms with Gasteiger partial charge in [0.1, 0.15) is 0 Å². The number of morpholine rings is 1. The fourth-order valence-electron chi connectivity index (χ4n) is 2.23. The predicted octanol–water partition coefficient (Wildman–Crippen LogP) is 2.74. The van der Waals surface area contributed by atoms with Gasteiger partial charge in [0, 0.05) is 18.0 Å². The van der Waals surface area contributed by atoms with Crippen LogP contribution in [0.1, 0.15) is 40.4 Å². The van der Waals surface area contributed by atoms with Crippen LogP contribution in [0.3, 0.4) is 0 Å².